The lowest BCUT2D eigenvalue weighted by Gasteiger charge is -2.08. The van der Waals surface area contributed by atoms with Gasteiger partial charge in [-0.05, 0) is 13.3 Å². The van der Waals surface area contributed by atoms with Crippen molar-refractivity contribution in [1.29, 1.82) is 0 Å². The van der Waals surface area contributed by atoms with Crippen molar-refractivity contribution < 1.29 is 21.9 Å². The summed E-state index contributed by atoms with van der Waals surface area (Å²) in [6.45, 7) is 1.50. The Morgan fingerprint density at radius 1 is 1.19 bits per heavy atom. The van der Waals surface area contributed by atoms with Gasteiger partial charge in [0.2, 0.25) is 20.0 Å². The Balaban J connectivity index is 3.84. The lowest BCUT2D eigenvalue weighted by Crippen LogP contribution is -2.33. The Morgan fingerprint density at radius 2 is 1.75 bits per heavy atom. The monoisotopic (exact) mass is 274 g/mol. The fourth-order valence-corrected chi connectivity index (χ4v) is 2.52. The molecule has 9 heteroatoms. The summed E-state index contributed by atoms with van der Waals surface area (Å²) >= 11 is 0. The van der Waals surface area contributed by atoms with Crippen molar-refractivity contribution in [2.24, 2.45) is 0 Å². The van der Waals surface area contributed by atoms with E-state index in [4.69, 9.17) is 5.11 Å². The van der Waals surface area contributed by atoms with E-state index in [-0.39, 0.29) is 25.3 Å². The fourth-order valence-electron chi connectivity index (χ4n) is 0.839. The highest BCUT2D eigenvalue weighted by Gasteiger charge is 2.11. The Labute approximate surface area is 96.3 Å². The first-order valence-electron chi connectivity index (χ1n) is 4.72. The number of aliphatic hydroxyl groups is 1. The molecule has 1 unspecified atom stereocenters. The van der Waals surface area contributed by atoms with E-state index in [9.17, 15) is 16.8 Å². The van der Waals surface area contributed by atoms with Crippen molar-refractivity contribution >= 4 is 20.0 Å². The zero-order chi connectivity index (χ0) is 12.8. The Kier molecular flexibility index (Phi) is 6.41. The van der Waals surface area contributed by atoms with Gasteiger partial charge in [-0.1, -0.05) is 0 Å². The van der Waals surface area contributed by atoms with Gasteiger partial charge in [-0.25, -0.2) is 26.3 Å². The summed E-state index contributed by atoms with van der Waals surface area (Å²) < 4.78 is 48.2. The van der Waals surface area contributed by atoms with E-state index < -0.39 is 26.2 Å². The second kappa shape index (κ2) is 6.50. The zero-order valence-corrected chi connectivity index (χ0v) is 10.9. The van der Waals surface area contributed by atoms with Gasteiger partial charge in [-0.2, -0.15) is 0 Å². The van der Waals surface area contributed by atoms with Crippen LogP contribution in [-0.4, -0.2) is 53.1 Å². The number of aliphatic hydroxyl groups excluding tert-OH is 1. The highest BCUT2D eigenvalue weighted by atomic mass is 32.2. The molecule has 98 valence electrons. The SMILES string of the molecule is CC(O)CNS(=O)(=O)CCCNS(C)(=O)=O. The van der Waals surface area contributed by atoms with Crippen molar-refractivity contribution in [3.05, 3.63) is 0 Å². The van der Waals surface area contributed by atoms with E-state index in [2.05, 4.69) is 9.44 Å². The van der Waals surface area contributed by atoms with Crippen LogP contribution in [0.15, 0.2) is 0 Å². The van der Waals surface area contributed by atoms with Crippen LogP contribution < -0.4 is 9.44 Å². The molecule has 0 saturated carbocycles. The average molecular weight is 274 g/mol. The molecule has 0 aliphatic rings. The maximum Gasteiger partial charge on any atom is 0.211 e. The molecule has 0 heterocycles. The summed E-state index contributed by atoms with van der Waals surface area (Å²) in [6, 6.07) is 0. The van der Waals surface area contributed by atoms with Crippen LogP contribution in [0.2, 0.25) is 0 Å². The van der Waals surface area contributed by atoms with Crippen molar-refractivity contribution in [2.75, 3.05) is 25.1 Å². The molecule has 0 aliphatic heterocycles. The number of nitrogens with one attached hydrogen (secondary N) is 2. The lowest BCUT2D eigenvalue weighted by atomic mass is 10.4. The Hall–Kier alpha value is -0.220. The lowest BCUT2D eigenvalue weighted by molar-refractivity contribution is 0.198. The largest absolute Gasteiger partial charge is 0.392 e. The minimum Gasteiger partial charge on any atom is -0.392 e. The van der Waals surface area contributed by atoms with Gasteiger partial charge in [0.25, 0.3) is 0 Å². The first-order valence-corrected chi connectivity index (χ1v) is 8.27. The second-order valence-corrected chi connectivity index (χ2v) is 7.30. The summed E-state index contributed by atoms with van der Waals surface area (Å²) in [5.74, 6) is -0.178. The second-order valence-electron chi connectivity index (χ2n) is 3.54. The van der Waals surface area contributed by atoms with Crippen LogP contribution in [0.3, 0.4) is 0 Å². The normalized spacial score (nSPS) is 14.9. The third kappa shape index (κ3) is 10.3. The fraction of sp³-hybridized carbons (Fsp3) is 1.00. The van der Waals surface area contributed by atoms with Gasteiger partial charge >= 0.3 is 0 Å². The molecule has 0 saturated heterocycles. The third-order valence-electron chi connectivity index (χ3n) is 1.55. The van der Waals surface area contributed by atoms with E-state index in [0.29, 0.717) is 0 Å². The van der Waals surface area contributed by atoms with E-state index in [1.54, 1.807) is 0 Å². The van der Waals surface area contributed by atoms with Crippen LogP contribution in [0.5, 0.6) is 0 Å². The quantitative estimate of drug-likeness (QED) is 0.453. The van der Waals surface area contributed by atoms with Crippen LogP contribution >= 0.6 is 0 Å². The summed E-state index contributed by atoms with van der Waals surface area (Å²) in [5, 5.41) is 8.88. The number of hydrogen-bond donors (Lipinski definition) is 3. The molecule has 0 aliphatic carbocycles. The van der Waals surface area contributed by atoms with E-state index in [1.165, 1.54) is 6.92 Å². The molecule has 0 rings (SSSR count). The molecule has 0 radical (unpaired) electrons. The first kappa shape index (κ1) is 15.8. The average Bonchev–Trinajstić information content (AvgIpc) is 2.08. The smallest absolute Gasteiger partial charge is 0.211 e. The minimum absolute atomic E-state index is 0.0398. The summed E-state index contributed by atoms with van der Waals surface area (Å²) in [7, 11) is -6.71. The molecule has 0 spiro atoms. The van der Waals surface area contributed by atoms with Gasteiger partial charge < -0.3 is 5.11 Å². The molecular formula is C7H18N2O5S2. The predicted molar refractivity (Wildman–Crippen MR) is 60.9 cm³/mol. The first-order chi connectivity index (χ1) is 7.12. The summed E-state index contributed by atoms with van der Waals surface area (Å²) in [4.78, 5) is 0. The summed E-state index contributed by atoms with van der Waals surface area (Å²) in [6.07, 6.45) is 0.444. The maximum absolute atomic E-state index is 11.3. The van der Waals surface area contributed by atoms with Crippen LogP contribution in [0.25, 0.3) is 0 Å². The van der Waals surface area contributed by atoms with Crippen LogP contribution in [0.4, 0.5) is 0 Å². The van der Waals surface area contributed by atoms with Crippen molar-refractivity contribution in [1.82, 2.24) is 9.44 Å². The predicted octanol–water partition coefficient (Wildman–Crippen LogP) is -1.77. The topological polar surface area (TPSA) is 113 Å². The Morgan fingerprint density at radius 3 is 2.19 bits per heavy atom. The molecule has 0 aromatic heterocycles. The van der Waals surface area contributed by atoms with Crippen LogP contribution in [-0.2, 0) is 20.0 Å². The summed E-state index contributed by atoms with van der Waals surface area (Å²) in [5.41, 5.74) is 0. The minimum atomic E-state index is -3.44. The zero-order valence-electron chi connectivity index (χ0n) is 9.30. The molecule has 0 bridgehead atoms. The number of sulfonamides is 2. The van der Waals surface area contributed by atoms with Gasteiger partial charge in [0.1, 0.15) is 0 Å². The van der Waals surface area contributed by atoms with Gasteiger partial charge in [0.15, 0.2) is 0 Å². The standard InChI is InChI=1S/C7H18N2O5S2/c1-7(10)6-9-16(13,14)5-3-4-8-15(2,11)12/h7-10H,3-6H2,1-2H3. The van der Waals surface area contributed by atoms with Gasteiger partial charge in [-0.3, -0.25) is 0 Å². The van der Waals surface area contributed by atoms with Crippen LogP contribution in [0, 0.1) is 0 Å². The van der Waals surface area contributed by atoms with E-state index >= 15 is 0 Å². The molecular weight excluding hydrogens is 256 g/mol. The highest BCUT2D eigenvalue weighted by Crippen LogP contribution is 1.90. The Bertz CT molecular complexity index is 387. The van der Waals surface area contributed by atoms with Gasteiger partial charge in [-0.15, -0.1) is 0 Å². The molecule has 1 atom stereocenters. The number of hydrogen-bond acceptors (Lipinski definition) is 5. The molecule has 7 nitrogen and oxygen atoms in total. The molecule has 0 aromatic carbocycles. The van der Waals surface area contributed by atoms with Crippen LogP contribution in [0.1, 0.15) is 13.3 Å². The van der Waals surface area contributed by atoms with Crippen molar-refractivity contribution in [3.8, 4) is 0 Å². The molecule has 0 fully saturated rings. The third-order valence-corrected chi connectivity index (χ3v) is 3.71. The molecule has 16 heavy (non-hydrogen) atoms. The van der Waals surface area contributed by atoms with E-state index in [1.807, 2.05) is 0 Å². The van der Waals surface area contributed by atoms with Gasteiger partial charge in [0.05, 0.1) is 18.1 Å². The highest BCUT2D eigenvalue weighted by molar-refractivity contribution is 7.89. The molecule has 0 aromatic rings. The molecule has 3 N–H and O–H groups in total. The maximum atomic E-state index is 11.3. The van der Waals surface area contributed by atoms with E-state index in [0.717, 1.165) is 6.26 Å². The van der Waals surface area contributed by atoms with Crippen molar-refractivity contribution in [3.63, 3.8) is 0 Å². The molecule has 0 amide bonds. The number of rotatable bonds is 8. The van der Waals surface area contributed by atoms with Gasteiger partial charge in [0, 0.05) is 13.1 Å². The van der Waals surface area contributed by atoms with Crippen molar-refractivity contribution in [2.45, 2.75) is 19.4 Å².